The fraction of sp³-hybridized carbons (Fsp3) is 0.273. The number of nitrogens with two attached hydrogens (primary N) is 1. The number of fused-ring (bicyclic) bond motifs is 1. The number of amides is 1. The van der Waals surface area contributed by atoms with Gasteiger partial charge in [0.05, 0.1) is 24.1 Å². The van der Waals surface area contributed by atoms with Gasteiger partial charge in [0.2, 0.25) is 5.91 Å². The van der Waals surface area contributed by atoms with E-state index in [1.807, 2.05) is 25.1 Å². The maximum atomic E-state index is 11.0. The number of H-pyrrole nitrogens is 1. The van der Waals surface area contributed by atoms with Gasteiger partial charge in [0.1, 0.15) is 5.82 Å². The van der Waals surface area contributed by atoms with Crippen molar-refractivity contribution in [3.8, 4) is 0 Å². The predicted octanol–water partition coefficient (Wildman–Crippen LogP) is 0.446. The molecule has 1 heterocycles. The number of carbonyl (C=O) groups is 1. The third kappa shape index (κ3) is 2.20. The Kier molecular flexibility index (Phi) is 2.87. The van der Waals surface area contributed by atoms with Gasteiger partial charge in [0, 0.05) is 0 Å². The minimum absolute atomic E-state index is 0.000658. The molecular formula is C11H14N4O. The van der Waals surface area contributed by atoms with Crippen molar-refractivity contribution in [2.24, 2.45) is 5.73 Å². The SMILES string of the molecule is Cc1ccc2nc(CNC(=O)CN)[nH]c2c1. The number of rotatable bonds is 3. The van der Waals surface area contributed by atoms with Gasteiger partial charge in [-0.3, -0.25) is 4.79 Å². The van der Waals surface area contributed by atoms with Crippen LogP contribution in [0.1, 0.15) is 11.4 Å². The van der Waals surface area contributed by atoms with Gasteiger partial charge in [-0.1, -0.05) is 6.07 Å². The normalized spacial score (nSPS) is 10.6. The van der Waals surface area contributed by atoms with E-state index in [1.54, 1.807) is 0 Å². The topological polar surface area (TPSA) is 83.8 Å². The molecule has 2 rings (SSSR count). The van der Waals surface area contributed by atoms with E-state index < -0.39 is 0 Å². The van der Waals surface area contributed by atoms with Gasteiger partial charge in [0.15, 0.2) is 0 Å². The Morgan fingerprint density at radius 3 is 3.12 bits per heavy atom. The zero-order valence-corrected chi connectivity index (χ0v) is 9.08. The first-order valence-electron chi connectivity index (χ1n) is 5.11. The summed E-state index contributed by atoms with van der Waals surface area (Å²) in [4.78, 5) is 18.5. The number of nitrogens with one attached hydrogen (secondary N) is 2. The van der Waals surface area contributed by atoms with Crippen LogP contribution < -0.4 is 11.1 Å². The highest BCUT2D eigenvalue weighted by molar-refractivity contribution is 5.78. The summed E-state index contributed by atoms with van der Waals surface area (Å²) < 4.78 is 0. The van der Waals surface area contributed by atoms with Gasteiger partial charge >= 0.3 is 0 Å². The maximum Gasteiger partial charge on any atom is 0.234 e. The average molecular weight is 218 g/mol. The number of imidazole rings is 1. The van der Waals surface area contributed by atoms with Crippen LogP contribution in [-0.4, -0.2) is 22.4 Å². The summed E-state index contributed by atoms with van der Waals surface area (Å²) in [5, 5.41) is 2.67. The first-order valence-corrected chi connectivity index (χ1v) is 5.11. The quantitative estimate of drug-likeness (QED) is 0.699. The molecule has 1 aromatic heterocycles. The summed E-state index contributed by atoms with van der Waals surface area (Å²) in [6.07, 6.45) is 0. The zero-order chi connectivity index (χ0) is 11.5. The van der Waals surface area contributed by atoms with Crippen LogP contribution >= 0.6 is 0 Å². The van der Waals surface area contributed by atoms with Crippen molar-refractivity contribution in [3.63, 3.8) is 0 Å². The standard InChI is InChI=1S/C11H14N4O/c1-7-2-3-8-9(4-7)15-10(14-8)6-13-11(16)5-12/h2-4H,5-6,12H2,1H3,(H,13,16)(H,14,15). The molecule has 0 radical (unpaired) electrons. The number of aromatic amines is 1. The van der Waals surface area contributed by atoms with E-state index in [0.717, 1.165) is 16.9 Å². The molecule has 0 bridgehead atoms. The molecule has 0 unspecified atom stereocenters. The highest BCUT2D eigenvalue weighted by atomic mass is 16.1. The smallest absolute Gasteiger partial charge is 0.234 e. The molecule has 1 aromatic carbocycles. The molecule has 16 heavy (non-hydrogen) atoms. The number of nitrogens with zero attached hydrogens (tertiary/aromatic N) is 1. The molecule has 4 N–H and O–H groups in total. The molecule has 0 atom stereocenters. The largest absolute Gasteiger partial charge is 0.348 e. The summed E-state index contributed by atoms with van der Waals surface area (Å²) in [5.74, 6) is 0.555. The van der Waals surface area contributed by atoms with Crippen LogP contribution in [0, 0.1) is 6.92 Å². The van der Waals surface area contributed by atoms with Gasteiger partial charge in [-0.25, -0.2) is 4.98 Å². The molecule has 0 aliphatic carbocycles. The first kappa shape index (κ1) is 10.6. The van der Waals surface area contributed by atoms with Crippen LogP contribution in [0.2, 0.25) is 0 Å². The van der Waals surface area contributed by atoms with Crippen molar-refractivity contribution in [1.29, 1.82) is 0 Å². The second kappa shape index (κ2) is 4.32. The molecule has 0 saturated heterocycles. The molecule has 5 heteroatoms. The average Bonchev–Trinajstić information content (AvgIpc) is 2.67. The fourth-order valence-corrected chi connectivity index (χ4v) is 1.51. The minimum atomic E-state index is -0.184. The lowest BCUT2D eigenvalue weighted by atomic mass is 10.2. The van der Waals surface area contributed by atoms with Gasteiger partial charge < -0.3 is 16.0 Å². The molecule has 2 aromatic rings. The predicted molar refractivity (Wildman–Crippen MR) is 61.7 cm³/mol. The van der Waals surface area contributed by atoms with Crippen LogP contribution in [-0.2, 0) is 11.3 Å². The summed E-state index contributed by atoms with van der Waals surface area (Å²) in [5.41, 5.74) is 8.25. The molecule has 1 amide bonds. The van der Waals surface area contributed by atoms with Gasteiger partial charge in [-0.05, 0) is 24.6 Å². The van der Waals surface area contributed by atoms with E-state index >= 15 is 0 Å². The van der Waals surface area contributed by atoms with Crippen LogP contribution in [0.15, 0.2) is 18.2 Å². The van der Waals surface area contributed by atoms with Crippen LogP contribution in [0.3, 0.4) is 0 Å². The number of carbonyl (C=O) groups excluding carboxylic acids is 1. The van der Waals surface area contributed by atoms with Gasteiger partial charge in [-0.2, -0.15) is 0 Å². The molecule has 84 valence electrons. The molecule has 0 aliphatic rings. The van der Waals surface area contributed by atoms with Gasteiger partial charge in [0.25, 0.3) is 0 Å². The third-order valence-electron chi connectivity index (χ3n) is 2.32. The van der Waals surface area contributed by atoms with Crippen molar-refractivity contribution in [1.82, 2.24) is 15.3 Å². The number of aromatic nitrogens is 2. The minimum Gasteiger partial charge on any atom is -0.348 e. The first-order chi connectivity index (χ1) is 7.69. The molecular weight excluding hydrogens is 204 g/mol. The molecule has 0 aliphatic heterocycles. The highest BCUT2D eigenvalue weighted by Gasteiger charge is 2.03. The molecule has 5 nitrogen and oxygen atoms in total. The Bertz CT molecular complexity index is 518. The van der Waals surface area contributed by atoms with Crippen LogP contribution in [0.4, 0.5) is 0 Å². The summed E-state index contributed by atoms with van der Waals surface area (Å²) in [6.45, 7) is 2.40. The van der Waals surface area contributed by atoms with E-state index in [0.29, 0.717) is 6.54 Å². The number of hydrogen-bond donors (Lipinski definition) is 3. The van der Waals surface area contributed by atoms with Crippen molar-refractivity contribution >= 4 is 16.9 Å². The third-order valence-corrected chi connectivity index (χ3v) is 2.32. The summed E-state index contributed by atoms with van der Waals surface area (Å²) in [6, 6.07) is 5.98. The number of aryl methyl sites for hydroxylation is 1. The van der Waals surface area contributed by atoms with E-state index in [1.165, 1.54) is 5.56 Å². The highest BCUT2D eigenvalue weighted by Crippen LogP contribution is 2.12. The van der Waals surface area contributed by atoms with Crippen molar-refractivity contribution in [2.45, 2.75) is 13.5 Å². The van der Waals surface area contributed by atoms with Crippen molar-refractivity contribution in [3.05, 3.63) is 29.6 Å². The Hall–Kier alpha value is -1.88. The summed E-state index contributed by atoms with van der Waals surface area (Å²) in [7, 11) is 0. The van der Waals surface area contributed by atoms with Crippen LogP contribution in [0.5, 0.6) is 0 Å². The lowest BCUT2D eigenvalue weighted by Crippen LogP contribution is -2.30. The summed E-state index contributed by atoms with van der Waals surface area (Å²) >= 11 is 0. The van der Waals surface area contributed by atoms with E-state index in [2.05, 4.69) is 15.3 Å². The van der Waals surface area contributed by atoms with E-state index in [-0.39, 0.29) is 12.5 Å². The fourth-order valence-electron chi connectivity index (χ4n) is 1.51. The molecule has 0 fully saturated rings. The van der Waals surface area contributed by atoms with E-state index in [9.17, 15) is 4.79 Å². The second-order valence-electron chi connectivity index (χ2n) is 3.68. The number of benzene rings is 1. The molecule has 0 saturated carbocycles. The van der Waals surface area contributed by atoms with Gasteiger partial charge in [-0.15, -0.1) is 0 Å². The Morgan fingerprint density at radius 1 is 1.56 bits per heavy atom. The lowest BCUT2D eigenvalue weighted by Gasteiger charge is -1.98. The van der Waals surface area contributed by atoms with Crippen molar-refractivity contribution in [2.75, 3.05) is 6.54 Å². The van der Waals surface area contributed by atoms with E-state index in [4.69, 9.17) is 5.73 Å². The van der Waals surface area contributed by atoms with Crippen molar-refractivity contribution < 1.29 is 4.79 Å². The maximum absolute atomic E-state index is 11.0. The number of hydrogen-bond acceptors (Lipinski definition) is 3. The second-order valence-corrected chi connectivity index (χ2v) is 3.68. The van der Waals surface area contributed by atoms with Crippen LogP contribution in [0.25, 0.3) is 11.0 Å². The Balaban J connectivity index is 2.16. The lowest BCUT2D eigenvalue weighted by molar-refractivity contribution is -0.119. The molecule has 0 spiro atoms. The Labute approximate surface area is 93.1 Å². The zero-order valence-electron chi connectivity index (χ0n) is 9.08. The Morgan fingerprint density at radius 2 is 2.38 bits per heavy atom. The monoisotopic (exact) mass is 218 g/mol.